The van der Waals surface area contributed by atoms with E-state index in [9.17, 15) is 57.5 Å². The van der Waals surface area contributed by atoms with E-state index in [-0.39, 0.29) is 6.08 Å². The van der Waals surface area contributed by atoms with Crippen molar-refractivity contribution in [1.82, 2.24) is 0 Å². The van der Waals surface area contributed by atoms with Crippen LogP contribution in [-0.4, -0.2) is 61.5 Å². The van der Waals surface area contributed by atoms with Crippen molar-refractivity contribution in [3.8, 4) is 0 Å². The summed E-state index contributed by atoms with van der Waals surface area (Å²) < 4.78 is 158. The predicted octanol–water partition coefficient (Wildman–Crippen LogP) is 4.24. The molecule has 0 radical (unpaired) electrons. The first kappa shape index (κ1) is 24.4. The highest BCUT2D eigenvalue weighted by Gasteiger charge is 2.70. The third-order valence-corrected chi connectivity index (χ3v) is 2.90. The third-order valence-electron chi connectivity index (χ3n) is 2.90. The SMILES string of the molecule is C=CC(=O)OC(F)C(F)(F)C(F)(F)C(F)C(F)C(F)C(F)C(F)C(F)F. The molecular weight excluding hydrogens is 404 g/mol. The summed E-state index contributed by atoms with van der Waals surface area (Å²) in [6.07, 6.45) is -31.0. The van der Waals surface area contributed by atoms with Crippen LogP contribution in [0.2, 0.25) is 0 Å². The number of hydrogen-bond acceptors (Lipinski definition) is 2. The molecule has 0 aliphatic rings. The molecule has 0 saturated heterocycles. The van der Waals surface area contributed by atoms with Crippen LogP contribution in [0.15, 0.2) is 12.7 Å². The Hall–Kier alpha value is -1.63. The van der Waals surface area contributed by atoms with E-state index >= 15 is 0 Å². The monoisotopic (exact) mass is 414 g/mol. The highest BCUT2D eigenvalue weighted by atomic mass is 19.3. The molecule has 6 atom stereocenters. The van der Waals surface area contributed by atoms with Gasteiger partial charge in [0.05, 0.1) is 0 Å². The molecular formula is C12H10F12O2. The van der Waals surface area contributed by atoms with Gasteiger partial charge in [0.15, 0.2) is 24.7 Å². The van der Waals surface area contributed by atoms with E-state index in [0.717, 1.165) is 0 Å². The summed E-state index contributed by atoms with van der Waals surface area (Å²) in [5, 5.41) is 0. The van der Waals surface area contributed by atoms with Crippen LogP contribution in [0.5, 0.6) is 0 Å². The topological polar surface area (TPSA) is 26.3 Å². The number of hydrogen-bond donors (Lipinski definition) is 0. The number of ether oxygens (including phenoxy) is 1. The molecule has 0 amide bonds. The van der Waals surface area contributed by atoms with Crippen molar-refractivity contribution in [2.45, 2.75) is 55.5 Å². The van der Waals surface area contributed by atoms with Gasteiger partial charge in [0, 0.05) is 6.08 Å². The molecule has 154 valence electrons. The second-order valence-corrected chi connectivity index (χ2v) is 4.72. The number of rotatable bonds is 10. The fourth-order valence-electron chi connectivity index (χ4n) is 1.41. The van der Waals surface area contributed by atoms with Gasteiger partial charge < -0.3 is 4.74 Å². The van der Waals surface area contributed by atoms with Gasteiger partial charge in [-0.15, -0.1) is 0 Å². The number of carbonyl (C=O) groups excluding carboxylic acids is 1. The molecule has 0 saturated carbocycles. The zero-order valence-corrected chi connectivity index (χ0v) is 12.2. The van der Waals surface area contributed by atoms with Gasteiger partial charge in [-0.2, -0.15) is 22.0 Å². The van der Waals surface area contributed by atoms with E-state index in [1.165, 1.54) is 0 Å². The van der Waals surface area contributed by atoms with Gasteiger partial charge in [0.1, 0.15) is 0 Å². The first-order valence-corrected chi connectivity index (χ1v) is 6.34. The zero-order chi connectivity index (χ0) is 21.0. The Kier molecular flexibility index (Phi) is 8.29. The molecule has 0 spiro atoms. The quantitative estimate of drug-likeness (QED) is 0.304. The maximum Gasteiger partial charge on any atom is 0.378 e. The van der Waals surface area contributed by atoms with Crippen LogP contribution in [0, 0.1) is 0 Å². The second-order valence-electron chi connectivity index (χ2n) is 4.72. The summed E-state index contributed by atoms with van der Waals surface area (Å²) in [5.41, 5.74) is 0. The first-order chi connectivity index (χ1) is 11.6. The molecule has 14 heteroatoms. The Morgan fingerprint density at radius 1 is 0.769 bits per heavy atom. The molecule has 0 fully saturated rings. The molecule has 26 heavy (non-hydrogen) atoms. The molecule has 0 aromatic rings. The van der Waals surface area contributed by atoms with Crippen LogP contribution < -0.4 is 0 Å². The molecule has 0 aromatic heterocycles. The van der Waals surface area contributed by atoms with Crippen molar-refractivity contribution in [1.29, 1.82) is 0 Å². The van der Waals surface area contributed by atoms with Gasteiger partial charge in [-0.3, -0.25) is 0 Å². The largest absolute Gasteiger partial charge is 0.421 e. The lowest BCUT2D eigenvalue weighted by atomic mass is 9.97. The van der Waals surface area contributed by atoms with Crippen LogP contribution in [0.3, 0.4) is 0 Å². The van der Waals surface area contributed by atoms with Crippen molar-refractivity contribution in [3.05, 3.63) is 12.7 Å². The molecule has 0 aromatic carbocycles. The van der Waals surface area contributed by atoms with E-state index in [1.807, 2.05) is 0 Å². The summed E-state index contributed by atoms with van der Waals surface area (Å²) in [6, 6.07) is 0. The van der Waals surface area contributed by atoms with E-state index in [0.29, 0.717) is 0 Å². The highest BCUT2D eigenvalue weighted by molar-refractivity contribution is 5.81. The summed E-state index contributed by atoms with van der Waals surface area (Å²) in [5.74, 6) is -14.8. The van der Waals surface area contributed by atoms with Crippen LogP contribution in [-0.2, 0) is 9.53 Å². The van der Waals surface area contributed by atoms with Crippen LogP contribution in [0.4, 0.5) is 52.7 Å². The van der Waals surface area contributed by atoms with E-state index in [1.54, 1.807) is 0 Å². The van der Waals surface area contributed by atoms with Crippen molar-refractivity contribution < 1.29 is 62.2 Å². The number of alkyl halides is 12. The van der Waals surface area contributed by atoms with Crippen molar-refractivity contribution >= 4 is 5.97 Å². The average Bonchev–Trinajstić information content (AvgIpc) is 2.57. The van der Waals surface area contributed by atoms with Crippen molar-refractivity contribution in [2.75, 3.05) is 0 Å². The molecule has 2 nitrogen and oxygen atoms in total. The van der Waals surface area contributed by atoms with E-state index in [2.05, 4.69) is 11.3 Å². The Balaban J connectivity index is 5.43. The minimum Gasteiger partial charge on any atom is -0.421 e. The van der Waals surface area contributed by atoms with Gasteiger partial charge in [-0.25, -0.2) is 35.5 Å². The molecule has 0 rings (SSSR count). The van der Waals surface area contributed by atoms with E-state index < -0.39 is 61.5 Å². The molecule has 0 aliphatic carbocycles. The molecule has 0 bridgehead atoms. The minimum absolute atomic E-state index is 0.0444. The van der Waals surface area contributed by atoms with Crippen LogP contribution >= 0.6 is 0 Å². The number of carbonyl (C=O) groups is 1. The Morgan fingerprint density at radius 3 is 1.58 bits per heavy atom. The van der Waals surface area contributed by atoms with Crippen molar-refractivity contribution in [3.63, 3.8) is 0 Å². The number of esters is 1. The Bertz CT molecular complexity index is 485. The fourth-order valence-corrected chi connectivity index (χ4v) is 1.41. The summed E-state index contributed by atoms with van der Waals surface area (Å²) >= 11 is 0. The van der Waals surface area contributed by atoms with Crippen LogP contribution in [0.1, 0.15) is 0 Å². The summed E-state index contributed by atoms with van der Waals surface area (Å²) in [6.45, 7) is 2.60. The van der Waals surface area contributed by atoms with Crippen molar-refractivity contribution in [2.24, 2.45) is 0 Å². The van der Waals surface area contributed by atoms with E-state index in [4.69, 9.17) is 0 Å². The second kappa shape index (κ2) is 8.84. The van der Waals surface area contributed by atoms with Gasteiger partial charge in [-0.05, 0) is 0 Å². The standard InChI is InChI=1S/C12H10F12O2/c1-2-3(25)26-10(20)12(23,24)11(21,22)8(17)6(15)4(13)5(14)7(16)9(18)19/h2,4-10H,1H2. The lowest BCUT2D eigenvalue weighted by Gasteiger charge is -2.33. The van der Waals surface area contributed by atoms with Gasteiger partial charge in [-0.1, -0.05) is 6.58 Å². The normalized spacial score (nSPS) is 20.0. The maximum absolute atomic E-state index is 13.3. The molecule has 0 heterocycles. The van der Waals surface area contributed by atoms with Gasteiger partial charge >= 0.3 is 24.2 Å². The predicted molar refractivity (Wildman–Crippen MR) is 61.6 cm³/mol. The Labute approximate surface area is 137 Å². The summed E-state index contributed by atoms with van der Waals surface area (Å²) in [7, 11) is 0. The highest BCUT2D eigenvalue weighted by Crippen LogP contribution is 2.45. The summed E-state index contributed by atoms with van der Waals surface area (Å²) in [4.78, 5) is 10.5. The van der Waals surface area contributed by atoms with Gasteiger partial charge in [0.2, 0.25) is 6.17 Å². The molecule has 0 N–H and O–H groups in total. The lowest BCUT2D eigenvalue weighted by molar-refractivity contribution is -0.310. The zero-order valence-electron chi connectivity index (χ0n) is 12.2. The smallest absolute Gasteiger partial charge is 0.378 e. The fraction of sp³-hybridized carbons (Fsp3) is 0.750. The average molecular weight is 414 g/mol. The minimum atomic E-state index is -6.45. The molecule has 6 unspecified atom stereocenters. The Morgan fingerprint density at radius 2 is 1.19 bits per heavy atom. The lowest BCUT2D eigenvalue weighted by Crippen LogP contribution is -2.59. The van der Waals surface area contributed by atoms with Gasteiger partial charge in [0.25, 0.3) is 6.43 Å². The van der Waals surface area contributed by atoms with Crippen LogP contribution in [0.25, 0.3) is 0 Å². The number of halogens is 12. The first-order valence-electron chi connectivity index (χ1n) is 6.34. The maximum atomic E-state index is 13.3. The third kappa shape index (κ3) is 4.96. The molecule has 0 aliphatic heterocycles.